The van der Waals surface area contributed by atoms with Crippen LogP contribution in [0, 0.1) is 11.8 Å². The molecule has 144 valence electrons. The molecule has 0 aliphatic rings. The number of alkyl halides is 3. The Kier molecular flexibility index (Phi) is 8.08. The van der Waals surface area contributed by atoms with Gasteiger partial charge in [-0.25, -0.2) is 0 Å². The third-order valence-corrected chi connectivity index (χ3v) is 3.14. The number of benzene rings is 1. The average molecular weight is 374 g/mol. The predicted molar refractivity (Wildman–Crippen MR) is 87.3 cm³/mol. The number of hydrogen-bond acceptors (Lipinski definition) is 4. The van der Waals surface area contributed by atoms with Crippen LogP contribution in [0.4, 0.5) is 13.2 Å². The van der Waals surface area contributed by atoms with E-state index in [2.05, 4.69) is 11.8 Å². The smallest absolute Gasteiger partial charge is 0.417 e. The van der Waals surface area contributed by atoms with Crippen molar-refractivity contribution >= 4 is 5.97 Å². The molecule has 0 saturated heterocycles. The number of halogens is 3. The molecule has 0 unspecified atom stereocenters. The van der Waals surface area contributed by atoms with E-state index in [1.165, 1.54) is 6.07 Å². The Morgan fingerprint density at radius 2 is 1.62 bits per heavy atom. The van der Waals surface area contributed by atoms with Gasteiger partial charge >= 0.3 is 18.1 Å². The van der Waals surface area contributed by atoms with Crippen molar-refractivity contribution in [3.63, 3.8) is 0 Å². The van der Waals surface area contributed by atoms with E-state index in [1.807, 2.05) is 0 Å². The Bertz CT molecular complexity index is 657. The quantitative estimate of drug-likeness (QED) is 0.558. The van der Waals surface area contributed by atoms with Crippen LogP contribution in [0.15, 0.2) is 18.2 Å². The SMILES string of the molecule is CCOC(C#Cc1c(CC(=O)O)cccc1C(F)(F)F)(OCC)OCC. The van der Waals surface area contributed by atoms with Crippen LogP contribution in [-0.4, -0.2) is 36.9 Å². The molecule has 0 saturated carbocycles. The molecular weight excluding hydrogens is 353 g/mol. The molecular formula is C18H21F3O5. The summed E-state index contributed by atoms with van der Waals surface area (Å²) in [4.78, 5) is 11.0. The summed E-state index contributed by atoms with van der Waals surface area (Å²) in [5.41, 5.74) is -1.52. The van der Waals surface area contributed by atoms with Crippen LogP contribution in [0.25, 0.3) is 0 Å². The van der Waals surface area contributed by atoms with E-state index in [1.54, 1.807) is 20.8 Å². The zero-order valence-electron chi connectivity index (χ0n) is 14.8. The molecule has 1 N–H and O–H groups in total. The largest absolute Gasteiger partial charge is 0.481 e. The summed E-state index contributed by atoms with van der Waals surface area (Å²) in [6, 6.07) is 3.28. The summed E-state index contributed by atoms with van der Waals surface area (Å²) in [5.74, 6) is 1.76. The van der Waals surface area contributed by atoms with Crippen LogP contribution in [-0.2, 0) is 31.6 Å². The molecule has 0 fully saturated rings. The zero-order valence-corrected chi connectivity index (χ0v) is 14.8. The van der Waals surface area contributed by atoms with Gasteiger partial charge in [-0.2, -0.15) is 13.2 Å². The second-order valence-corrected chi connectivity index (χ2v) is 5.01. The molecule has 0 aliphatic heterocycles. The molecule has 1 rings (SSSR count). The van der Waals surface area contributed by atoms with Crippen molar-refractivity contribution in [3.8, 4) is 11.8 Å². The average Bonchev–Trinajstić information content (AvgIpc) is 2.53. The minimum absolute atomic E-state index is 0.0572. The molecule has 0 bridgehead atoms. The normalized spacial score (nSPS) is 11.8. The molecule has 0 radical (unpaired) electrons. The molecule has 0 atom stereocenters. The Balaban J connectivity index is 3.53. The number of rotatable bonds is 8. The summed E-state index contributed by atoms with van der Waals surface area (Å²) in [7, 11) is 0. The highest BCUT2D eigenvalue weighted by atomic mass is 19.4. The lowest BCUT2D eigenvalue weighted by Gasteiger charge is -2.26. The topological polar surface area (TPSA) is 65.0 Å². The van der Waals surface area contributed by atoms with Crippen molar-refractivity contribution in [1.82, 2.24) is 0 Å². The summed E-state index contributed by atoms with van der Waals surface area (Å²) >= 11 is 0. The maximum absolute atomic E-state index is 13.3. The molecule has 0 aliphatic carbocycles. The summed E-state index contributed by atoms with van der Waals surface area (Å²) < 4.78 is 56.1. The third-order valence-electron chi connectivity index (χ3n) is 3.14. The minimum atomic E-state index is -4.69. The van der Waals surface area contributed by atoms with E-state index < -0.39 is 35.7 Å². The van der Waals surface area contributed by atoms with E-state index >= 15 is 0 Å². The van der Waals surface area contributed by atoms with Crippen molar-refractivity contribution in [2.75, 3.05) is 19.8 Å². The van der Waals surface area contributed by atoms with Gasteiger partial charge in [0.15, 0.2) is 0 Å². The number of aliphatic carboxylic acids is 1. The van der Waals surface area contributed by atoms with E-state index in [-0.39, 0.29) is 25.4 Å². The minimum Gasteiger partial charge on any atom is -0.481 e. The van der Waals surface area contributed by atoms with Gasteiger partial charge in [0.2, 0.25) is 0 Å². The predicted octanol–water partition coefficient (Wildman–Crippen LogP) is 3.45. The molecule has 5 nitrogen and oxygen atoms in total. The Morgan fingerprint density at radius 1 is 1.08 bits per heavy atom. The number of hydrogen-bond donors (Lipinski definition) is 1. The van der Waals surface area contributed by atoms with Gasteiger partial charge in [0, 0.05) is 5.56 Å². The number of carboxylic acid groups (broad SMARTS) is 1. The van der Waals surface area contributed by atoms with E-state index in [9.17, 15) is 18.0 Å². The number of carbonyl (C=O) groups is 1. The van der Waals surface area contributed by atoms with Crippen molar-refractivity contribution < 1.29 is 37.3 Å². The number of carboxylic acids is 1. The third kappa shape index (κ3) is 6.02. The van der Waals surface area contributed by atoms with Crippen LogP contribution in [0.1, 0.15) is 37.5 Å². The highest BCUT2D eigenvalue weighted by molar-refractivity contribution is 5.72. The van der Waals surface area contributed by atoms with Crippen LogP contribution < -0.4 is 0 Å². The Hall–Kier alpha value is -2.08. The molecule has 0 aromatic heterocycles. The molecule has 0 spiro atoms. The Labute approximate surface area is 150 Å². The summed E-state index contributed by atoms with van der Waals surface area (Å²) in [6.07, 6.45) is -5.29. The monoisotopic (exact) mass is 374 g/mol. The molecule has 8 heteroatoms. The van der Waals surface area contributed by atoms with Gasteiger partial charge in [-0.1, -0.05) is 18.1 Å². The number of ether oxygens (including phenoxy) is 3. The summed E-state index contributed by atoms with van der Waals surface area (Å²) in [6.45, 7) is 5.43. The van der Waals surface area contributed by atoms with Crippen LogP contribution in [0.2, 0.25) is 0 Å². The fourth-order valence-electron chi connectivity index (χ4n) is 2.24. The molecule has 0 heterocycles. The van der Waals surface area contributed by atoms with E-state index in [0.29, 0.717) is 0 Å². The highest BCUT2D eigenvalue weighted by Gasteiger charge is 2.35. The van der Waals surface area contributed by atoms with Crippen LogP contribution in [0.5, 0.6) is 0 Å². The molecule has 26 heavy (non-hydrogen) atoms. The lowest BCUT2D eigenvalue weighted by atomic mass is 9.98. The Morgan fingerprint density at radius 3 is 2.04 bits per heavy atom. The zero-order chi connectivity index (χ0) is 19.8. The lowest BCUT2D eigenvalue weighted by molar-refractivity contribution is -0.339. The van der Waals surface area contributed by atoms with Crippen molar-refractivity contribution in [3.05, 3.63) is 34.9 Å². The van der Waals surface area contributed by atoms with Crippen LogP contribution >= 0.6 is 0 Å². The summed E-state index contributed by atoms with van der Waals surface area (Å²) in [5, 5.41) is 8.96. The second-order valence-electron chi connectivity index (χ2n) is 5.01. The van der Waals surface area contributed by atoms with Crippen molar-refractivity contribution in [2.24, 2.45) is 0 Å². The second kappa shape index (κ2) is 9.57. The first-order valence-corrected chi connectivity index (χ1v) is 8.05. The fourth-order valence-corrected chi connectivity index (χ4v) is 2.24. The molecule has 0 amide bonds. The van der Waals surface area contributed by atoms with Crippen molar-refractivity contribution in [1.29, 1.82) is 0 Å². The van der Waals surface area contributed by atoms with Crippen LogP contribution in [0.3, 0.4) is 0 Å². The molecule has 1 aromatic rings. The van der Waals surface area contributed by atoms with Crippen molar-refractivity contribution in [2.45, 2.75) is 39.3 Å². The highest BCUT2D eigenvalue weighted by Crippen LogP contribution is 2.33. The van der Waals surface area contributed by atoms with E-state index in [0.717, 1.165) is 12.1 Å². The molecule has 1 aromatic carbocycles. The maximum atomic E-state index is 13.3. The van der Waals surface area contributed by atoms with Gasteiger partial charge < -0.3 is 19.3 Å². The lowest BCUT2D eigenvalue weighted by Crippen LogP contribution is -2.38. The first-order valence-electron chi connectivity index (χ1n) is 8.05. The van der Waals surface area contributed by atoms with Gasteiger partial charge in [-0.3, -0.25) is 4.79 Å². The first-order chi connectivity index (χ1) is 12.2. The van der Waals surface area contributed by atoms with Gasteiger partial charge in [-0.15, -0.1) is 0 Å². The van der Waals surface area contributed by atoms with E-state index in [4.69, 9.17) is 19.3 Å². The van der Waals surface area contributed by atoms with Gasteiger partial charge in [0.1, 0.15) is 0 Å². The standard InChI is InChI=1S/C18H21F3O5/c1-4-24-17(25-5-2,26-6-3)11-10-14-13(12-16(22)23)8-7-9-15(14)18(19,20)21/h7-9H,4-6,12H2,1-3H3,(H,22,23). The van der Waals surface area contributed by atoms with Gasteiger partial charge in [0.05, 0.1) is 31.8 Å². The maximum Gasteiger partial charge on any atom is 0.417 e. The fraction of sp³-hybridized carbons (Fsp3) is 0.500. The van der Waals surface area contributed by atoms with Gasteiger partial charge in [0.25, 0.3) is 0 Å². The van der Waals surface area contributed by atoms with Gasteiger partial charge in [-0.05, 0) is 38.3 Å². The first kappa shape index (κ1) is 22.0.